The van der Waals surface area contributed by atoms with Crippen LogP contribution in [0.5, 0.6) is 0 Å². The highest BCUT2D eigenvalue weighted by Crippen LogP contribution is 2.34. The molecular formula is C11H15N5S2. The molecule has 1 aliphatic heterocycles. The number of nitrogens with one attached hydrogen (secondary N) is 2. The van der Waals surface area contributed by atoms with Crippen molar-refractivity contribution >= 4 is 28.7 Å². The number of rotatable bonds is 3. The molecule has 5 nitrogen and oxygen atoms in total. The molecule has 0 amide bonds. The third-order valence-corrected chi connectivity index (χ3v) is 4.47. The SMILES string of the molecule is CCc1nc(N2CCCC2)sc1-c1nc(=S)[nH][nH]1. The average Bonchev–Trinajstić information content (AvgIpc) is 3.07. The summed E-state index contributed by atoms with van der Waals surface area (Å²) in [6.07, 6.45) is 3.44. The third-order valence-electron chi connectivity index (χ3n) is 3.11. The first-order valence-electron chi connectivity index (χ1n) is 6.17. The van der Waals surface area contributed by atoms with Gasteiger partial charge in [0.1, 0.15) is 0 Å². The van der Waals surface area contributed by atoms with Gasteiger partial charge in [-0.15, -0.1) is 0 Å². The molecule has 2 aromatic rings. The standard InChI is InChI=1S/C11H15N5S2/c1-2-7-8(9-13-10(17)15-14-9)18-11(12-7)16-5-3-4-6-16/h2-6H2,1H3,(H2,13,14,15,17). The largest absolute Gasteiger partial charge is 0.348 e. The quantitative estimate of drug-likeness (QED) is 0.849. The molecule has 3 rings (SSSR count). The zero-order valence-electron chi connectivity index (χ0n) is 10.2. The fourth-order valence-corrected chi connectivity index (χ4v) is 3.48. The van der Waals surface area contributed by atoms with E-state index in [4.69, 9.17) is 17.2 Å². The van der Waals surface area contributed by atoms with E-state index < -0.39 is 0 Å². The van der Waals surface area contributed by atoms with E-state index in [1.807, 2.05) is 0 Å². The molecule has 1 saturated heterocycles. The van der Waals surface area contributed by atoms with E-state index in [1.54, 1.807) is 11.3 Å². The van der Waals surface area contributed by atoms with Crippen molar-refractivity contribution in [3.8, 4) is 10.7 Å². The number of H-pyrrole nitrogens is 2. The van der Waals surface area contributed by atoms with E-state index in [0.29, 0.717) is 4.77 Å². The lowest BCUT2D eigenvalue weighted by atomic mass is 10.3. The molecule has 0 saturated carbocycles. The van der Waals surface area contributed by atoms with Crippen LogP contribution in [0.2, 0.25) is 0 Å². The van der Waals surface area contributed by atoms with Gasteiger partial charge in [0.2, 0.25) is 4.77 Å². The number of thiazole rings is 1. The summed E-state index contributed by atoms with van der Waals surface area (Å²) in [5, 5.41) is 6.97. The van der Waals surface area contributed by atoms with Crippen LogP contribution >= 0.6 is 23.6 Å². The second-order valence-electron chi connectivity index (χ2n) is 4.34. The van der Waals surface area contributed by atoms with Crippen LogP contribution in [0, 0.1) is 4.77 Å². The zero-order valence-corrected chi connectivity index (χ0v) is 11.8. The smallest absolute Gasteiger partial charge is 0.213 e. The van der Waals surface area contributed by atoms with Gasteiger partial charge < -0.3 is 4.90 Å². The molecule has 7 heteroatoms. The van der Waals surface area contributed by atoms with Crippen LogP contribution < -0.4 is 4.90 Å². The summed E-state index contributed by atoms with van der Waals surface area (Å²) in [6.45, 7) is 4.35. The molecule has 1 aliphatic rings. The minimum Gasteiger partial charge on any atom is -0.348 e. The van der Waals surface area contributed by atoms with Gasteiger partial charge in [-0.05, 0) is 31.5 Å². The number of anilines is 1. The van der Waals surface area contributed by atoms with E-state index in [2.05, 4.69) is 27.0 Å². The highest BCUT2D eigenvalue weighted by molar-refractivity contribution is 7.71. The van der Waals surface area contributed by atoms with Crippen molar-refractivity contribution < 1.29 is 0 Å². The van der Waals surface area contributed by atoms with E-state index >= 15 is 0 Å². The fraction of sp³-hybridized carbons (Fsp3) is 0.545. The number of aromatic amines is 2. The van der Waals surface area contributed by atoms with Crippen LogP contribution in [0.25, 0.3) is 10.7 Å². The van der Waals surface area contributed by atoms with E-state index in [9.17, 15) is 0 Å². The molecule has 18 heavy (non-hydrogen) atoms. The number of aromatic nitrogens is 4. The maximum atomic E-state index is 5.00. The van der Waals surface area contributed by atoms with Crippen LogP contribution in [0.3, 0.4) is 0 Å². The Morgan fingerprint density at radius 3 is 2.67 bits per heavy atom. The zero-order chi connectivity index (χ0) is 12.5. The average molecular weight is 281 g/mol. The van der Waals surface area contributed by atoms with Gasteiger partial charge >= 0.3 is 0 Å². The Morgan fingerprint density at radius 1 is 1.28 bits per heavy atom. The Bertz CT molecular complexity index is 591. The van der Waals surface area contributed by atoms with Crippen molar-refractivity contribution in [3.63, 3.8) is 0 Å². The molecule has 96 valence electrons. The molecule has 0 aromatic carbocycles. The minimum atomic E-state index is 0.489. The number of nitrogens with zero attached hydrogens (tertiary/aromatic N) is 3. The number of aryl methyl sites for hydroxylation is 1. The Hall–Kier alpha value is -1.21. The van der Waals surface area contributed by atoms with Crippen LogP contribution in [0.15, 0.2) is 0 Å². The summed E-state index contributed by atoms with van der Waals surface area (Å²) in [7, 11) is 0. The number of hydrogen-bond donors (Lipinski definition) is 2. The van der Waals surface area contributed by atoms with Gasteiger partial charge in [0.05, 0.1) is 10.6 Å². The normalized spacial score (nSPS) is 15.5. The first-order chi connectivity index (χ1) is 8.78. The summed E-state index contributed by atoms with van der Waals surface area (Å²) < 4.78 is 0.489. The molecule has 0 radical (unpaired) electrons. The van der Waals surface area contributed by atoms with E-state index in [1.165, 1.54) is 12.8 Å². The second kappa shape index (κ2) is 4.81. The molecule has 1 fully saturated rings. The topological polar surface area (TPSA) is 60.6 Å². The molecular weight excluding hydrogens is 266 g/mol. The molecule has 2 aromatic heterocycles. The van der Waals surface area contributed by atoms with Crippen molar-refractivity contribution in [1.29, 1.82) is 0 Å². The molecule has 3 heterocycles. The fourth-order valence-electron chi connectivity index (χ4n) is 2.19. The lowest BCUT2D eigenvalue weighted by Crippen LogP contribution is -2.17. The first-order valence-corrected chi connectivity index (χ1v) is 7.40. The van der Waals surface area contributed by atoms with Crippen molar-refractivity contribution in [2.24, 2.45) is 0 Å². The summed E-state index contributed by atoms with van der Waals surface area (Å²) in [4.78, 5) is 12.5. The van der Waals surface area contributed by atoms with Crippen LogP contribution in [-0.2, 0) is 6.42 Å². The van der Waals surface area contributed by atoms with Gasteiger partial charge in [-0.1, -0.05) is 18.3 Å². The highest BCUT2D eigenvalue weighted by Gasteiger charge is 2.20. The predicted octanol–water partition coefficient (Wildman–Crippen LogP) is 2.75. The summed E-state index contributed by atoms with van der Waals surface area (Å²) in [6, 6.07) is 0. The molecule has 2 N–H and O–H groups in total. The monoisotopic (exact) mass is 281 g/mol. The lowest BCUT2D eigenvalue weighted by Gasteiger charge is -2.12. The second-order valence-corrected chi connectivity index (χ2v) is 5.70. The van der Waals surface area contributed by atoms with Crippen LogP contribution in [-0.4, -0.2) is 33.3 Å². The summed E-state index contributed by atoms with van der Waals surface area (Å²) in [5.41, 5.74) is 1.10. The lowest BCUT2D eigenvalue weighted by molar-refractivity contribution is 0.941. The van der Waals surface area contributed by atoms with E-state index in [-0.39, 0.29) is 0 Å². The van der Waals surface area contributed by atoms with Crippen molar-refractivity contribution in [1.82, 2.24) is 20.2 Å². The maximum absolute atomic E-state index is 5.00. The predicted molar refractivity (Wildman–Crippen MR) is 75.7 cm³/mol. The van der Waals surface area contributed by atoms with Gasteiger partial charge in [0, 0.05) is 13.1 Å². The first kappa shape index (κ1) is 11.9. The Labute approximate surface area is 114 Å². The Morgan fingerprint density at radius 2 is 2.06 bits per heavy atom. The van der Waals surface area contributed by atoms with Gasteiger partial charge in [0.15, 0.2) is 11.0 Å². The van der Waals surface area contributed by atoms with Crippen molar-refractivity contribution in [2.75, 3.05) is 18.0 Å². The van der Waals surface area contributed by atoms with Gasteiger partial charge in [-0.25, -0.2) is 4.98 Å². The minimum absolute atomic E-state index is 0.489. The van der Waals surface area contributed by atoms with Gasteiger partial charge in [-0.2, -0.15) is 4.98 Å². The Balaban J connectivity index is 2.00. The summed E-state index contributed by atoms with van der Waals surface area (Å²) >= 11 is 6.70. The molecule has 0 aliphatic carbocycles. The van der Waals surface area contributed by atoms with Crippen molar-refractivity contribution in [2.45, 2.75) is 26.2 Å². The van der Waals surface area contributed by atoms with Gasteiger partial charge in [0.25, 0.3) is 0 Å². The van der Waals surface area contributed by atoms with Crippen molar-refractivity contribution in [3.05, 3.63) is 10.5 Å². The third kappa shape index (κ3) is 2.08. The Kier molecular flexibility index (Phi) is 3.17. The van der Waals surface area contributed by atoms with E-state index in [0.717, 1.165) is 41.0 Å². The molecule has 0 bridgehead atoms. The maximum Gasteiger partial charge on any atom is 0.213 e. The highest BCUT2D eigenvalue weighted by atomic mass is 32.1. The van der Waals surface area contributed by atoms with Crippen LogP contribution in [0.1, 0.15) is 25.5 Å². The van der Waals surface area contributed by atoms with Crippen LogP contribution in [0.4, 0.5) is 5.13 Å². The molecule has 0 spiro atoms. The van der Waals surface area contributed by atoms with Gasteiger partial charge in [-0.3, -0.25) is 10.2 Å². The summed E-state index contributed by atoms with van der Waals surface area (Å²) in [5.74, 6) is 0.805. The molecule has 0 atom stereocenters. The molecule has 0 unspecified atom stereocenters. The number of hydrogen-bond acceptors (Lipinski definition) is 5.